The third-order valence-corrected chi connectivity index (χ3v) is 2.85. The van der Waals surface area contributed by atoms with Crippen LogP contribution in [0.4, 0.5) is 13.2 Å². The van der Waals surface area contributed by atoms with Gasteiger partial charge in [-0.3, -0.25) is 0 Å². The fraction of sp³-hybridized carbons (Fsp3) is 0.385. The number of para-hydroxylation sites is 1. The summed E-state index contributed by atoms with van der Waals surface area (Å²) in [5, 5.41) is 0.257. The molecule has 1 aromatic carbocycles. The van der Waals surface area contributed by atoms with Gasteiger partial charge in [-0.2, -0.15) is 13.2 Å². The van der Waals surface area contributed by atoms with Gasteiger partial charge in [-0.15, -0.1) is 0 Å². The molecule has 2 aromatic rings. The predicted molar refractivity (Wildman–Crippen MR) is 68.1 cm³/mol. The molecule has 1 aromatic heterocycles. The van der Waals surface area contributed by atoms with Crippen LogP contribution in [0.1, 0.15) is 25.1 Å². The molecule has 0 aliphatic heterocycles. The summed E-state index contributed by atoms with van der Waals surface area (Å²) in [6.07, 6.45) is -3.90. The molecule has 6 heteroatoms. The van der Waals surface area contributed by atoms with Crippen molar-refractivity contribution in [3.8, 4) is 0 Å². The second-order valence-corrected chi connectivity index (χ2v) is 5.07. The summed E-state index contributed by atoms with van der Waals surface area (Å²) in [6.45, 7) is 3.94. The van der Waals surface area contributed by atoms with E-state index in [-0.39, 0.29) is 16.7 Å². The molecule has 0 N–H and O–H groups in total. The Hall–Kier alpha value is -1.36. The Labute approximate surface area is 113 Å². The molecule has 0 aliphatic rings. The number of hydrogen-bond donors (Lipinski definition) is 0. The van der Waals surface area contributed by atoms with Crippen molar-refractivity contribution < 1.29 is 13.2 Å². The van der Waals surface area contributed by atoms with Gasteiger partial charge >= 0.3 is 6.18 Å². The second-order valence-electron chi connectivity index (χ2n) is 4.74. The first kappa shape index (κ1) is 14.1. The van der Waals surface area contributed by atoms with E-state index in [0.29, 0.717) is 17.5 Å². The van der Waals surface area contributed by atoms with Crippen LogP contribution in [0.25, 0.3) is 10.9 Å². The van der Waals surface area contributed by atoms with Crippen LogP contribution in [0.2, 0.25) is 5.28 Å². The molecule has 0 saturated heterocycles. The normalized spacial score (nSPS) is 12.4. The summed E-state index contributed by atoms with van der Waals surface area (Å²) in [5.74, 6) is 0.267. The molecule has 1 heterocycles. The lowest BCUT2D eigenvalue weighted by Crippen LogP contribution is -2.08. The van der Waals surface area contributed by atoms with Crippen LogP contribution < -0.4 is 0 Å². The third kappa shape index (κ3) is 2.97. The number of halogens is 4. The molecule has 19 heavy (non-hydrogen) atoms. The summed E-state index contributed by atoms with van der Waals surface area (Å²) in [6, 6.07) is 3.97. The van der Waals surface area contributed by atoms with E-state index in [1.54, 1.807) is 6.07 Å². The van der Waals surface area contributed by atoms with E-state index in [2.05, 4.69) is 9.97 Å². The van der Waals surface area contributed by atoms with Gasteiger partial charge in [-0.25, -0.2) is 9.97 Å². The van der Waals surface area contributed by atoms with Crippen LogP contribution >= 0.6 is 11.6 Å². The molecule has 0 fully saturated rings. The van der Waals surface area contributed by atoms with Crippen molar-refractivity contribution in [3.05, 3.63) is 34.7 Å². The molecule has 0 radical (unpaired) electrons. The zero-order chi connectivity index (χ0) is 14.2. The van der Waals surface area contributed by atoms with E-state index >= 15 is 0 Å². The monoisotopic (exact) mass is 288 g/mol. The van der Waals surface area contributed by atoms with Crippen LogP contribution in [0.3, 0.4) is 0 Å². The van der Waals surface area contributed by atoms with Crippen molar-refractivity contribution in [2.75, 3.05) is 0 Å². The van der Waals surface area contributed by atoms with Crippen molar-refractivity contribution in [3.63, 3.8) is 0 Å². The molecule has 0 saturated carbocycles. The molecule has 102 valence electrons. The van der Waals surface area contributed by atoms with Crippen LogP contribution in [-0.2, 0) is 12.6 Å². The summed E-state index contributed by atoms with van der Waals surface area (Å²) < 4.78 is 38.8. The van der Waals surface area contributed by atoms with Gasteiger partial charge in [0.2, 0.25) is 5.28 Å². The summed E-state index contributed by atoms with van der Waals surface area (Å²) in [7, 11) is 0. The maximum absolute atomic E-state index is 12.9. The highest BCUT2D eigenvalue weighted by Crippen LogP contribution is 2.35. The topological polar surface area (TPSA) is 25.8 Å². The second kappa shape index (κ2) is 4.96. The van der Waals surface area contributed by atoms with Gasteiger partial charge in [0.05, 0.1) is 16.8 Å². The zero-order valence-electron chi connectivity index (χ0n) is 10.4. The van der Waals surface area contributed by atoms with Crippen LogP contribution in [-0.4, -0.2) is 9.97 Å². The summed E-state index contributed by atoms with van der Waals surface area (Å²) >= 11 is 5.74. The van der Waals surface area contributed by atoms with Crippen molar-refractivity contribution in [1.82, 2.24) is 9.97 Å². The lowest BCUT2D eigenvalue weighted by Gasteiger charge is -2.13. The van der Waals surface area contributed by atoms with Crippen LogP contribution in [0.5, 0.6) is 0 Å². The Morgan fingerprint density at radius 1 is 1.21 bits per heavy atom. The molecular formula is C13H12ClF3N2. The minimum atomic E-state index is -4.45. The van der Waals surface area contributed by atoms with Gasteiger partial charge in [-0.05, 0) is 30.0 Å². The average Bonchev–Trinajstić information content (AvgIpc) is 2.25. The molecule has 2 nitrogen and oxygen atoms in total. The highest BCUT2D eigenvalue weighted by molar-refractivity contribution is 6.28. The van der Waals surface area contributed by atoms with E-state index in [1.807, 2.05) is 13.8 Å². The first-order valence-corrected chi connectivity index (χ1v) is 6.19. The first-order chi connectivity index (χ1) is 8.79. The van der Waals surface area contributed by atoms with Crippen molar-refractivity contribution >= 4 is 22.5 Å². The van der Waals surface area contributed by atoms with Crippen molar-refractivity contribution in [1.29, 1.82) is 0 Å². The lowest BCUT2D eigenvalue weighted by atomic mass is 10.0. The Kier molecular flexibility index (Phi) is 3.67. The Morgan fingerprint density at radius 2 is 1.89 bits per heavy atom. The van der Waals surface area contributed by atoms with Gasteiger partial charge in [-0.1, -0.05) is 26.0 Å². The molecule has 0 unspecified atom stereocenters. The summed E-state index contributed by atoms with van der Waals surface area (Å²) in [4.78, 5) is 7.80. The molecule has 0 aliphatic carbocycles. The zero-order valence-corrected chi connectivity index (χ0v) is 11.2. The minimum absolute atomic E-state index is 0.134. The average molecular weight is 289 g/mol. The van der Waals surface area contributed by atoms with E-state index in [0.717, 1.165) is 6.07 Å². The van der Waals surface area contributed by atoms with Crippen molar-refractivity contribution in [2.45, 2.75) is 26.4 Å². The number of alkyl halides is 3. The number of aromatic nitrogens is 2. The molecule has 0 bridgehead atoms. The van der Waals surface area contributed by atoms with Gasteiger partial charge in [0.15, 0.2) is 0 Å². The maximum atomic E-state index is 12.9. The number of hydrogen-bond acceptors (Lipinski definition) is 2. The van der Waals surface area contributed by atoms with Gasteiger partial charge in [0.1, 0.15) is 0 Å². The smallest absolute Gasteiger partial charge is 0.222 e. The highest BCUT2D eigenvalue weighted by atomic mass is 35.5. The largest absolute Gasteiger partial charge is 0.418 e. The Morgan fingerprint density at radius 3 is 2.47 bits per heavy atom. The lowest BCUT2D eigenvalue weighted by molar-refractivity contribution is -0.136. The molecule has 0 spiro atoms. The Balaban J connectivity index is 2.74. The molecule has 0 atom stereocenters. The Bertz CT molecular complexity index is 609. The number of nitrogens with zero attached hydrogens (tertiary/aromatic N) is 2. The standard InChI is InChI=1S/C13H12ClF3N2/c1-7(2)6-10-8-4-3-5-9(13(15,16)17)11(8)19-12(14)18-10/h3-5,7H,6H2,1-2H3. The highest BCUT2D eigenvalue weighted by Gasteiger charge is 2.33. The number of fused-ring (bicyclic) bond motifs is 1. The van der Waals surface area contributed by atoms with Gasteiger partial charge < -0.3 is 0 Å². The quantitative estimate of drug-likeness (QED) is 0.760. The van der Waals surface area contributed by atoms with E-state index < -0.39 is 11.7 Å². The van der Waals surface area contributed by atoms with E-state index in [1.165, 1.54) is 6.07 Å². The number of benzene rings is 1. The molecule has 2 rings (SSSR count). The SMILES string of the molecule is CC(C)Cc1nc(Cl)nc2c(C(F)(F)F)cccc12. The first-order valence-electron chi connectivity index (χ1n) is 5.81. The molecule has 0 amide bonds. The number of rotatable bonds is 2. The third-order valence-electron chi connectivity index (χ3n) is 2.69. The predicted octanol–water partition coefficient (Wildman–Crippen LogP) is 4.50. The van der Waals surface area contributed by atoms with E-state index in [9.17, 15) is 13.2 Å². The summed E-state index contributed by atoms with van der Waals surface area (Å²) in [5.41, 5.74) is -0.360. The fourth-order valence-corrected chi connectivity index (χ4v) is 2.14. The minimum Gasteiger partial charge on any atom is -0.222 e. The van der Waals surface area contributed by atoms with Crippen LogP contribution in [0, 0.1) is 5.92 Å². The van der Waals surface area contributed by atoms with Gasteiger partial charge in [0.25, 0.3) is 0 Å². The van der Waals surface area contributed by atoms with Crippen molar-refractivity contribution in [2.24, 2.45) is 5.92 Å². The van der Waals surface area contributed by atoms with Crippen LogP contribution in [0.15, 0.2) is 18.2 Å². The fourth-order valence-electron chi connectivity index (χ4n) is 1.96. The molecular weight excluding hydrogens is 277 g/mol. The van der Waals surface area contributed by atoms with E-state index in [4.69, 9.17) is 11.6 Å². The maximum Gasteiger partial charge on any atom is 0.418 e. The van der Waals surface area contributed by atoms with Gasteiger partial charge in [0, 0.05) is 5.39 Å².